The Morgan fingerprint density at radius 3 is 2.78 bits per heavy atom. The monoisotopic (exact) mass is 314 g/mol. The van der Waals surface area contributed by atoms with E-state index in [-0.39, 0.29) is 23.5 Å². The molecule has 0 saturated heterocycles. The standard InChI is InChI=1S/C16H14N2O5/c1-3-22-15(19)11(8-17)13(18)10-7-9-5-4-6-12(21-2)14(9)23-16(10)20/h4-7H,3,18H2,1-2H3/b13-11+. The van der Waals surface area contributed by atoms with Crippen LogP contribution in [-0.4, -0.2) is 19.7 Å². The summed E-state index contributed by atoms with van der Waals surface area (Å²) in [4.78, 5) is 23.9. The number of carbonyl (C=O) groups excluding carboxylic acids is 1. The molecular weight excluding hydrogens is 300 g/mol. The van der Waals surface area contributed by atoms with E-state index in [1.165, 1.54) is 13.2 Å². The lowest BCUT2D eigenvalue weighted by Crippen LogP contribution is -2.17. The molecule has 0 fully saturated rings. The normalized spacial score (nSPS) is 11.5. The molecule has 1 aromatic carbocycles. The topological polar surface area (TPSA) is 116 Å². The van der Waals surface area contributed by atoms with E-state index in [0.29, 0.717) is 11.1 Å². The van der Waals surface area contributed by atoms with Crippen molar-refractivity contribution in [2.45, 2.75) is 6.92 Å². The molecule has 7 heteroatoms. The van der Waals surface area contributed by atoms with E-state index in [2.05, 4.69) is 0 Å². The highest BCUT2D eigenvalue weighted by Gasteiger charge is 2.19. The maximum atomic E-state index is 12.1. The molecule has 23 heavy (non-hydrogen) atoms. The fourth-order valence-electron chi connectivity index (χ4n) is 2.02. The van der Waals surface area contributed by atoms with Crippen molar-refractivity contribution in [3.8, 4) is 11.8 Å². The van der Waals surface area contributed by atoms with Crippen LogP contribution < -0.4 is 16.1 Å². The Kier molecular flexibility index (Phi) is 4.66. The van der Waals surface area contributed by atoms with E-state index >= 15 is 0 Å². The van der Waals surface area contributed by atoms with Crippen LogP contribution in [0.15, 0.2) is 39.1 Å². The highest BCUT2D eigenvalue weighted by Crippen LogP contribution is 2.25. The van der Waals surface area contributed by atoms with E-state index in [4.69, 9.17) is 24.9 Å². The number of nitrogens with two attached hydrogens (primary N) is 1. The van der Waals surface area contributed by atoms with E-state index in [1.807, 2.05) is 0 Å². The summed E-state index contributed by atoms with van der Waals surface area (Å²) in [6.45, 7) is 1.68. The van der Waals surface area contributed by atoms with Gasteiger partial charge in [0, 0.05) is 5.39 Å². The van der Waals surface area contributed by atoms with E-state index < -0.39 is 17.2 Å². The third-order valence-corrected chi connectivity index (χ3v) is 3.09. The maximum Gasteiger partial charge on any atom is 0.351 e. The Morgan fingerprint density at radius 2 is 2.17 bits per heavy atom. The highest BCUT2D eigenvalue weighted by atomic mass is 16.5. The molecule has 0 spiro atoms. The second-order valence-electron chi connectivity index (χ2n) is 4.45. The summed E-state index contributed by atoms with van der Waals surface area (Å²) < 4.78 is 15.1. The van der Waals surface area contributed by atoms with Crippen molar-refractivity contribution in [2.75, 3.05) is 13.7 Å². The van der Waals surface area contributed by atoms with E-state index in [0.717, 1.165) is 0 Å². The van der Waals surface area contributed by atoms with Gasteiger partial charge in [-0.05, 0) is 19.1 Å². The lowest BCUT2D eigenvalue weighted by atomic mass is 10.1. The first-order chi connectivity index (χ1) is 11.0. The van der Waals surface area contributed by atoms with Crippen LogP contribution in [0.5, 0.6) is 5.75 Å². The Labute approximate surface area is 131 Å². The molecule has 1 heterocycles. The molecule has 0 saturated carbocycles. The average molecular weight is 314 g/mol. The third-order valence-electron chi connectivity index (χ3n) is 3.09. The molecule has 2 rings (SSSR count). The van der Waals surface area contributed by atoms with Crippen LogP contribution in [-0.2, 0) is 9.53 Å². The molecule has 0 aliphatic rings. The van der Waals surface area contributed by atoms with Crippen LogP contribution in [0.3, 0.4) is 0 Å². The number of nitrogens with zero attached hydrogens (tertiary/aromatic N) is 1. The molecule has 7 nitrogen and oxygen atoms in total. The van der Waals surface area contributed by atoms with E-state index in [1.54, 1.807) is 31.2 Å². The van der Waals surface area contributed by atoms with Gasteiger partial charge in [-0.2, -0.15) is 5.26 Å². The molecule has 0 atom stereocenters. The van der Waals surface area contributed by atoms with Crippen LogP contribution in [0, 0.1) is 11.3 Å². The number of esters is 1. The molecule has 2 aromatic rings. The van der Waals surface area contributed by atoms with Gasteiger partial charge in [-0.3, -0.25) is 0 Å². The minimum atomic E-state index is -0.891. The number of rotatable bonds is 4. The number of hydrogen-bond acceptors (Lipinski definition) is 7. The largest absolute Gasteiger partial charge is 0.493 e. The number of ether oxygens (including phenoxy) is 2. The van der Waals surface area contributed by atoms with Crippen molar-refractivity contribution in [2.24, 2.45) is 5.73 Å². The molecule has 0 unspecified atom stereocenters. The van der Waals surface area contributed by atoms with Crippen LogP contribution in [0.1, 0.15) is 12.5 Å². The van der Waals surface area contributed by atoms with E-state index in [9.17, 15) is 9.59 Å². The summed E-state index contributed by atoms with van der Waals surface area (Å²) in [6, 6.07) is 8.14. The zero-order chi connectivity index (χ0) is 17.0. The molecule has 0 radical (unpaired) electrons. The number of nitriles is 1. The fraction of sp³-hybridized carbons (Fsp3) is 0.188. The molecule has 0 aliphatic carbocycles. The van der Waals surface area contributed by atoms with Crippen molar-refractivity contribution in [3.63, 3.8) is 0 Å². The quantitative estimate of drug-likeness (QED) is 0.394. The molecule has 2 N–H and O–H groups in total. The molecule has 0 aliphatic heterocycles. The zero-order valence-corrected chi connectivity index (χ0v) is 12.6. The van der Waals surface area contributed by atoms with Gasteiger partial charge >= 0.3 is 11.6 Å². The van der Waals surface area contributed by atoms with Crippen LogP contribution in [0.4, 0.5) is 0 Å². The minimum absolute atomic E-state index is 0.0841. The van der Waals surface area contributed by atoms with Gasteiger partial charge in [0.1, 0.15) is 6.07 Å². The Balaban J connectivity index is 2.68. The van der Waals surface area contributed by atoms with Gasteiger partial charge in [0.25, 0.3) is 0 Å². The summed E-state index contributed by atoms with van der Waals surface area (Å²) >= 11 is 0. The number of para-hydroxylation sites is 1. The average Bonchev–Trinajstić information content (AvgIpc) is 2.54. The van der Waals surface area contributed by atoms with Crippen molar-refractivity contribution >= 4 is 22.6 Å². The van der Waals surface area contributed by atoms with Gasteiger partial charge in [-0.15, -0.1) is 0 Å². The minimum Gasteiger partial charge on any atom is -0.493 e. The number of methoxy groups -OCH3 is 1. The Morgan fingerprint density at radius 1 is 1.43 bits per heavy atom. The van der Waals surface area contributed by atoms with Crippen LogP contribution >= 0.6 is 0 Å². The van der Waals surface area contributed by atoms with Crippen molar-refractivity contribution < 1.29 is 18.7 Å². The fourth-order valence-corrected chi connectivity index (χ4v) is 2.02. The van der Waals surface area contributed by atoms with Gasteiger partial charge in [0.2, 0.25) is 0 Å². The molecule has 0 amide bonds. The lowest BCUT2D eigenvalue weighted by molar-refractivity contribution is -0.137. The second-order valence-corrected chi connectivity index (χ2v) is 4.45. The highest BCUT2D eigenvalue weighted by molar-refractivity contribution is 6.01. The first-order valence-electron chi connectivity index (χ1n) is 6.71. The maximum absolute atomic E-state index is 12.1. The lowest BCUT2D eigenvalue weighted by Gasteiger charge is -2.07. The number of fused-ring (bicyclic) bond motifs is 1. The van der Waals surface area contributed by atoms with Crippen LogP contribution in [0.2, 0.25) is 0 Å². The number of benzene rings is 1. The third kappa shape index (κ3) is 3.01. The smallest absolute Gasteiger partial charge is 0.351 e. The Bertz CT molecular complexity index is 889. The molecular formula is C16H14N2O5. The zero-order valence-electron chi connectivity index (χ0n) is 12.6. The van der Waals surface area contributed by atoms with Crippen molar-refractivity contribution in [1.82, 2.24) is 0 Å². The molecule has 118 valence electrons. The van der Waals surface area contributed by atoms with Crippen molar-refractivity contribution in [3.05, 3.63) is 45.8 Å². The summed E-state index contributed by atoms with van der Waals surface area (Å²) in [6.07, 6.45) is 0. The summed E-state index contributed by atoms with van der Waals surface area (Å²) in [5.41, 5.74) is 4.46. The van der Waals surface area contributed by atoms with Gasteiger partial charge < -0.3 is 19.6 Å². The first kappa shape index (κ1) is 16.1. The van der Waals surface area contributed by atoms with Gasteiger partial charge in [-0.1, -0.05) is 12.1 Å². The predicted molar refractivity (Wildman–Crippen MR) is 82.4 cm³/mol. The summed E-state index contributed by atoms with van der Waals surface area (Å²) in [5.74, 6) is -0.503. The van der Waals surface area contributed by atoms with Gasteiger partial charge in [0.05, 0.1) is 25.0 Å². The summed E-state index contributed by atoms with van der Waals surface area (Å²) in [7, 11) is 1.45. The predicted octanol–water partition coefficient (Wildman–Crippen LogP) is 1.56. The van der Waals surface area contributed by atoms with Gasteiger partial charge in [-0.25, -0.2) is 9.59 Å². The second kappa shape index (κ2) is 6.66. The Hall–Kier alpha value is -3.27. The van der Waals surface area contributed by atoms with Crippen molar-refractivity contribution in [1.29, 1.82) is 5.26 Å². The molecule has 1 aromatic heterocycles. The number of carbonyl (C=O) groups is 1. The summed E-state index contributed by atoms with van der Waals surface area (Å²) in [5, 5.41) is 9.64. The first-order valence-corrected chi connectivity index (χ1v) is 6.71. The van der Waals surface area contributed by atoms with Gasteiger partial charge in [0.15, 0.2) is 16.9 Å². The molecule has 0 bridgehead atoms. The van der Waals surface area contributed by atoms with Crippen LogP contribution in [0.25, 0.3) is 16.7 Å². The number of hydrogen-bond donors (Lipinski definition) is 1. The SMILES string of the molecule is CCOC(=O)/C(C#N)=C(/N)c1cc2cccc(OC)c2oc1=O.